The van der Waals surface area contributed by atoms with Crippen LogP contribution in [0, 0.1) is 0 Å². The summed E-state index contributed by atoms with van der Waals surface area (Å²) in [7, 11) is 1.81. The first-order valence-corrected chi connectivity index (χ1v) is 10.5. The van der Waals surface area contributed by atoms with Gasteiger partial charge in [-0.2, -0.15) is 15.0 Å². The van der Waals surface area contributed by atoms with Crippen LogP contribution in [0.4, 0.5) is 5.82 Å². The Balaban J connectivity index is 1.29. The molecule has 166 valence electrons. The van der Waals surface area contributed by atoms with Crippen molar-refractivity contribution in [3.05, 3.63) is 72.9 Å². The Kier molecular flexibility index (Phi) is 5.64. The number of anilines is 1. The number of ether oxygens (including phenoxy) is 1. The first-order chi connectivity index (χ1) is 16.2. The molecule has 0 spiro atoms. The van der Waals surface area contributed by atoms with Gasteiger partial charge in [-0.3, -0.25) is 4.40 Å². The van der Waals surface area contributed by atoms with Gasteiger partial charge >= 0.3 is 0 Å². The molecule has 0 saturated heterocycles. The van der Waals surface area contributed by atoms with Crippen molar-refractivity contribution in [2.45, 2.75) is 6.54 Å². The molecule has 0 fully saturated rings. The van der Waals surface area contributed by atoms with E-state index in [1.807, 2.05) is 40.9 Å². The Bertz CT molecular complexity index is 1370. The second-order valence-corrected chi connectivity index (χ2v) is 7.43. The van der Waals surface area contributed by atoms with Crippen LogP contribution in [0.15, 0.2) is 67.4 Å². The van der Waals surface area contributed by atoms with Crippen molar-refractivity contribution >= 4 is 11.5 Å². The van der Waals surface area contributed by atoms with Crippen LogP contribution in [0.25, 0.3) is 28.3 Å². The van der Waals surface area contributed by atoms with Gasteiger partial charge in [-0.1, -0.05) is 24.3 Å². The van der Waals surface area contributed by atoms with Crippen LogP contribution in [0.2, 0.25) is 0 Å². The number of aromatic nitrogens is 7. The highest BCUT2D eigenvalue weighted by Crippen LogP contribution is 2.23. The van der Waals surface area contributed by atoms with Crippen molar-refractivity contribution < 1.29 is 4.74 Å². The Labute approximate surface area is 190 Å². The van der Waals surface area contributed by atoms with Gasteiger partial charge in [0.05, 0.1) is 23.8 Å². The highest BCUT2D eigenvalue weighted by Gasteiger charge is 2.10. The number of pyridine rings is 1. The van der Waals surface area contributed by atoms with Gasteiger partial charge in [0.2, 0.25) is 0 Å². The number of imidazole rings is 1. The second kappa shape index (κ2) is 9.05. The number of hydrogen-bond acceptors (Lipinski definition) is 8. The van der Waals surface area contributed by atoms with E-state index in [4.69, 9.17) is 10.5 Å². The van der Waals surface area contributed by atoms with E-state index in [9.17, 15) is 0 Å². The number of nitrogens with two attached hydrogens (primary N) is 1. The molecule has 0 unspecified atom stereocenters. The summed E-state index contributed by atoms with van der Waals surface area (Å²) in [5.41, 5.74) is 10.9. The van der Waals surface area contributed by atoms with E-state index < -0.39 is 0 Å². The van der Waals surface area contributed by atoms with Gasteiger partial charge in [0.15, 0.2) is 0 Å². The average Bonchev–Trinajstić information content (AvgIpc) is 3.48. The van der Waals surface area contributed by atoms with E-state index in [2.05, 4.69) is 42.6 Å². The smallest absolute Gasteiger partial charge is 0.140 e. The third-order valence-electron chi connectivity index (χ3n) is 5.12. The quantitative estimate of drug-likeness (QED) is 0.377. The fourth-order valence-electron chi connectivity index (χ4n) is 3.48. The summed E-state index contributed by atoms with van der Waals surface area (Å²) < 4.78 is 7.55. The molecule has 10 nitrogen and oxygen atoms in total. The summed E-state index contributed by atoms with van der Waals surface area (Å²) in [5.74, 6) is 1.47. The van der Waals surface area contributed by atoms with Crippen LogP contribution < -0.4 is 15.8 Å². The largest absolute Gasteiger partial charge is 0.492 e. The molecule has 33 heavy (non-hydrogen) atoms. The molecule has 3 N–H and O–H groups in total. The number of benzene rings is 1. The lowest BCUT2D eigenvalue weighted by atomic mass is 10.1. The molecule has 0 aliphatic rings. The van der Waals surface area contributed by atoms with Crippen molar-refractivity contribution in [2.75, 3.05) is 18.5 Å². The van der Waals surface area contributed by atoms with Gasteiger partial charge in [-0.25, -0.2) is 15.0 Å². The Morgan fingerprint density at radius 3 is 2.67 bits per heavy atom. The maximum absolute atomic E-state index is 5.58. The highest BCUT2D eigenvalue weighted by atomic mass is 16.5. The third-order valence-corrected chi connectivity index (χ3v) is 5.12. The van der Waals surface area contributed by atoms with Crippen LogP contribution in [0.1, 0.15) is 5.56 Å². The maximum Gasteiger partial charge on any atom is 0.140 e. The zero-order valence-electron chi connectivity index (χ0n) is 18.1. The Morgan fingerprint density at radius 1 is 1.00 bits per heavy atom. The van der Waals surface area contributed by atoms with E-state index in [0.29, 0.717) is 19.7 Å². The molecular weight excluding hydrogens is 418 g/mol. The molecule has 0 radical (unpaired) electrons. The molecule has 4 aromatic heterocycles. The van der Waals surface area contributed by atoms with Gasteiger partial charge in [-0.15, -0.1) is 0 Å². The number of nitrogens with zero attached hydrogens (tertiary/aromatic N) is 7. The molecular formula is C23H23N9O. The lowest BCUT2D eigenvalue weighted by molar-refractivity contribution is 0.328. The molecule has 4 heterocycles. The number of nitrogens with one attached hydrogen (secondary N) is 1. The van der Waals surface area contributed by atoms with Gasteiger partial charge in [-0.05, 0) is 11.6 Å². The van der Waals surface area contributed by atoms with E-state index in [0.717, 1.165) is 45.4 Å². The van der Waals surface area contributed by atoms with Crippen molar-refractivity contribution in [2.24, 2.45) is 12.8 Å². The number of aryl methyl sites for hydroxylation is 1. The van der Waals surface area contributed by atoms with Gasteiger partial charge < -0.3 is 15.8 Å². The highest BCUT2D eigenvalue weighted by molar-refractivity contribution is 5.63. The number of rotatable bonds is 8. The van der Waals surface area contributed by atoms with Gasteiger partial charge in [0.25, 0.3) is 0 Å². The minimum Gasteiger partial charge on any atom is -0.492 e. The minimum atomic E-state index is 0.466. The monoisotopic (exact) mass is 441 g/mol. The predicted octanol–water partition coefficient (Wildman–Crippen LogP) is 2.54. The van der Waals surface area contributed by atoms with Crippen LogP contribution in [-0.2, 0) is 13.6 Å². The molecule has 0 aliphatic carbocycles. The fraction of sp³-hybridized carbons (Fsp3) is 0.174. The molecule has 0 aliphatic heterocycles. The van der Waals surface area contributed by atoms with Crippen molar-refractivity contribution in [3.63, 3.8) is 0 Å². The van der Waals surface area contributed by atoms with E-state index in [1.165, 1.54) is 0 Å². The Hall–Kier alpha value is -4.31. The fourth-order valence-corrected chi connectivity index (χ4v) is 3.48. The van der Waals surface area contributed by atoms with Gasteiger partial charge in [0.1, 0.15) is 35.8 Å². The first-order valence-electron chi connectivity index (χ1n) is 10.5. The number of hydrogen-bond donors (Lipinski definition) is 2. The summed E-state index contributed by atoms with van der Waals surface area (Å²) in [4.78, 5) is 14.8. The van der Waals surface area contributed by atoms with E-state index in [-0.39, 0.29) is 0 Å². The number of fused-ring (bicyclic) bond motifs is 1. The standard InChI is InChI=1S/C23H23N9O/c1-31-29-13-20(30-31)17-4-2-16(3-5-17)12-25-22-11-19(27-15-28-22)21-14-26-23-10-18(33-9-7-24)6-8-32(21)23/h2-6,8,10-11,13-15H,7,9,12,24H2,1H3,(H,25,27,28). The molecule has 0 atom stereocenters. The van der Waals surface area contributed by atoms with Crippen molar-refractivity contribution in [1.82, 2.24) is 34.3 Å². The molecule has 0 amide bonds. The molecule has 0 saturated carbocycles. The van der Waals surface area contributed by atoms with E-state index >= 15 is 0 Å². The van der Waals surface area contributed by atoms with Crippen LogP contribution >= 0.6 is 0 Å². The lowest BCUT2D eigenvalue weighted by Crippen LogP contribution is -2.10. The Morgan fingerprint density at radius 2 is 1.88 bits per heavy atom. The summed E-state index contributed by atoms with van der Waals surface area (Å²) >= 11 is 0. The maximum atomic E-state index is 5.58. The normalized spacial score (nSPS) is 11.1. The van der Waals surface area contributed by atoms with Crippen molar-refractivity contribution in [3.8, 4) is 28.4 Å². The van der Waals surface area contributed by atoms with Crippen molar-refractivity contribution in [1.29, 1.82) is 0 Å². The zero-order chi connectivity index (χ0) is 22.6. The lowest BCUT2D eigenvalue weighted by Gasteiger charge is -2.08. The second-order valence-electron chi connectivity index (χ2n) is 7.43. The third kappa shape index (κ3) is 4.51. The average molecular weight is 441 g/mol. The van der Waals surface area contributed by atoms with Crippen LogP contribution in [0.3, 0.4) is 0 Å². The van der Waals surface area contributed by atoms with E-state index in [1.54, 1.807) is 30.6 Å². The predicted molar refractivity (Wildman–Crippen MR) is 125 cm³/mol. The SMILES string of the molecule is Cn1ncc(-c2ccc(CNc3cc(-c4cnc5cc(OCCN)ccn45)ncn3)cc2)n1. The molecule has 5 aromatic rings. The summed E-state index contributed by atoms with van der Waals surface area (Å²) in [6.07, 6.45) is 7.01. The summed E-state index contributed by atoms with van der Waals surface area (Å²) in [6, 6.07) is 13.9. The van der Waals surface area contributed by atoms with Gasteiger partial charge in [0, 0.05) is 44.0 Å². The molecule has 0 bridgehead atoms. The minimum absolute atomic E-state index is 0.466. The van der Waals surface area contributed by atoms with Crippen LogP contribution in [-0.4, -0.2) is 47.5 Å². The summed E-state index contributed by atoms with van der Waals surface area (Å²) in [5, 5.41) is 11.8. The van der Waals surface area contributed by atoms with Crippen LogP contribution in [0.5, 0.6) is 5.75 Å². The topological polar surface area (TPSA) is 121 Å². The first kappa shape index (κ1) is 20.6. The zero-order valence-corrected chi connectivity index (χ0v) is 18.1. The summed E-state index contributed by atoms with van der Waals surface area (Å²) in [6.45, 7) is 1.56. The molecule has 5 rings (SSSR count). The molecule has 1 aromatic carbocycles. The molecule has 10 heteroatoms.